The van der Waals surface area contributed by atoms with Crippen molar-refractivity contribution in [2.45, 2.75) is 56.7 Å². The lowest BCUT2D eigenvalue weighted by Gasteiger charge is -2.41. The SMILES string of the molecule is COc1ccc(C(=NC2CC2)N2CCC(C)(C)c3cc(C4=NNC(=O)SC4C)ccc32)cc1OC. The van der Waals surface area contributed by atoms with Crippen LogP contribution in [-0.2, 0) is 5.41 Å². The first-order valence-electron chi connectivity index (χ1n) is 12.1. The molecular formula is C27H32N4O3S. The van der Waals surface area contributed by atoms with Crippen molar-refractivity contribution in [3.63, 3.8) is 0 Å². The highest BCUT2D eigenvalue weighted by molar-refractivity contribution is 8.14. The second-order valence-electron chi connectivity index (χ2n) is 9.93. The lowest BCUT2D eigenvalue weighted by atomic mass is 9.76. The van der Waals surface area contributed by atoms with Crippen LogP contribution >= 0.6 is 11.8 Å². The molecule has 1 amide bonds. The van der Waals surface area contributed by atoms with E-state index < -0.39 is 0 Å². The number of thioether (sulfide) groups is 1. The van der Waals surface area contributed by atoms with Crippen LogP contribution in [0.3, 0.4) is 0 Å². The number of carbonyl (C=O) groups excluding carboxylic acids is 1. The van der Waals surface area contributed by atoms with Crippen LogP contribution in [0.4, 0.5) is 10.5 Å². The van der Waals surface area contributed by atoms with Gasteiger partial charge in [-0.25, -0.2) is 5.43 Å². The predicted octanol–water partition coefficient (Wildman–Crippen LogP) is 5.35. The predicted molar refractivity (Wildman–Crippen MR) is 143 cm³/mol. The van der Waals surface area contributed by atoms with E-state index in [0.717, 1.165) is 48.5 Å². The van der Waals surface area contributed by atoms with Gasteiger partial charge in [-0.2, -0.15) is 5.10 Å². The monoisotopic (exact) mass is 492 g/mol. The molecule has 1 unspecified atom stereocenters. The van der Waals surface area contributed by atoms with E-state index in [9.17, 15) is 4.79 Å². The van der Waals surface area contributed by atoms with E-state index in [1.54, 1.807) is 14.2 Å². The summed E-state index contributed by atoms with van der Waals surface area (Å²) in [7, 11) is 3.31. The Morgan fingerprint density at radius 2 is 1.91 bits per heavy atom. The molecule has 3 aliphatic rings. The second kappa shape index (κ2) is 9.22. The quantitative estimate of drug-likeness (QED) is 0.450. The van der Waals surface area contributed by atoms with Crippen LogP contribution in [0.1, 0.15) is 56.7 Å². The Balaban J connectivity index is 1.59. The average Bonchev–Trinajstić information content (AvgIpc) is 3.67. The van der Waals surface area contributed by atoms with Gasteiger partial charge in [0.2, 0.25) is 0 Å². The molecule has 35 heavy (non-hydrogen) atoms. The number of amidine groups is 1. The van der Waals surface area contributed by atoms with E-state index in [0.29, 0.717) is 17.5 Å². The molecule has 2 aliphatic heterocycles. The van der Waals surface area contributed by atoms with Crippen LogP contribution in [0.25, 0.3) is 0 Å². The third-order valence-electron chi connectivity index (χ3n) is 6.96. The number of hydrogen-bond donors (Lipinski definition) is 1. The Morgan fingerprint density at radius 3 is 2.60 bits per heavy atom. The first kappa shape index (κ1) is 23.7. The summed E-state index contributed by atoms with van der Waals surface area (Å²) in [5, 5.41) is 4.27. The highest BCUT2D eigenvalue weighted by Gasteiger charge is 2.35. The number of nitrogens with zero attached hydrogens (tertiary/aromatic N) is 3. The third kappa shape index (κ3) is 4.63. The highest BCUT2D eigenvalue weighted by atomic mass is 32.2. The van der Waals surface area contributed by atoms with Crippen molar-refractivity contribution >= 4 is 34.2 Å². The highest BCUT2D eigenvalue weighted by Crippen LogP contribution is 2.42. The van der Waals surface area contributed by atoms with Crippen molar-refractivity contribution < 1.29 is 14.3 Å². The number of carbonyl (C=O) groups is 1. The number of ether oxygens (including phenoxy) is 2. The number of fused-ring (bicyclic) bond motifs is 1. The molecule has 0 saturated heterocycles. The Labute approximate surface area is 211 Å². The number of methoxy groups -OCH3 is 2. The van der Waals surface area contributed by atoms with Crippen molar-refractivity contribution in [3.05, 3.63) is 53.1 Å². The topological polar surface area (TPSA) is 75.5 Å². The molecule has 0 bridgehead atoms. The van der Waals surface area contributed by atoms with E-state index in [-0.39, 0.29) is 15.9 Å². The summed E-state index contributed by atoms with van der Waals surface area (Å²) in [6, 6.07) is 12.9. The van der Waals surface area contributed by atoms with Gasteiger partial charge < -0.3 is 14.4 Å². The zero-order valence-electron chi connectivity index (χ0n) is 20.9. The lowest BCUT2D eigenvalue weighted by molar-refractivity contribution is 0.261. The molecule has 2 aromatic carbocycles. The van der Waals surface area contributed by atoms with Crippen molar-refractivity contribution in [2.75, 3.05) is 25.7 Å². The van der Waals surface area contributed by atoms with Crippen molar-refractivity contribution in [3.8, 4) is 11.5 Å². The van der Waals surface area contributed by atoms with Crippen LogP contribution in [0, 0.1) is 0 Å². The van der Waals surface area contributed by atoms with Crippen molar-refractivity contribution in [1.29, 1.82) is 0 Å². The van der Waals surface area contributed by atoms with Crippen molar-refractivity contribution in [2.24, 2.45) is 10.1 Å². The van der Waals surface area contributed by atoms with Crippen molar-refractivity contribution in [1.82, 2.24) is 5.43 Å². The average molecular weight is 493 g/mol. The van der Waals surface area contributed by atoms with Gasteiger partial charge in [0.15, 0.2) is 11.5 Å². The summed E-state index contributed by atoms with van der Waals surface area (Å²) in [5.41, 5.74) is 8.02. The molecule has 1 aliphatic carbocycles. The molecule has 1 atom stereocenters. The Hall–Kier alpha value is -3.00. The number of hydrogen-bond acceptors (Lipinski definition) is 6. The molecule has 1 saturated carbocycles. The normalized spacial score (nSPS) is 21.7. The molecule has 0 radical (unpaired) electrons. The lowest BCUT2D eigenvalue weighted by Crippen LogP contribution is -2.42. The summed E-state index contributed by atoms with van der Waals surface area (Å²) in [6.07, 6.45) is 3.25. The third-order valence-corrected chi connectivity index (χ3v) is 7.84. The summed E-state index contributed by atoms with van der Waals surface area (Å²) in [6.45, 7) is 7.49. The zero-order valence-corrected chi connectivity index (χ0v) is 21.7. The fourth-order valence-corrected chi connectivity index (χ4v) is 5.45. The molecule has 2 aromatic rings. The largest absolute Gasteiger partial charge is 0.493 e. The standard InChI is InChI=1S/C27H32N4O3S/c1-16-24(29-30-26(32)35-16)17-6-10-21-20(14-17)27(2,3)12-13-31(21)25(28-19-8-9-19)18-7-11-22(33-4)23(15-18)34-5/h6-7,10-11,14-16,19H,8-9,12-13H2,1-5H3,(H,30,32). The van der Waals surface area contributed by atoms with Gasteiger partial charge in [0.05, 0.1) is 31.2 Å². The molecule has 7 nitrogen and oxygen atoms in total. The molecule has 1 N–H and O–H groups in total. The molecule has 0 spiro atoms. The molecule has 184 valence electrons. The second-order valence-corrected chi connectivity index (χ2v) is 11.2. The number of benzene rings is 2. The maximum absolute atomic E-state index is 11.7. The maximum atomic E-state index is 11.7. The number of nitrogens with one attached hydrogen (secondary N) is 1. The Morgan fingerprint density at radius 1 is 1.14 bits per heavy atom. The summed E-state index contributed by atoms with van der Waals surface area (Å²) >= 11 is 1.27. The molecule has 0 aromatic heterocycles. The molecule has 1 fully saturated rings. The first-order chi connectivity index (χ1) is 16.8. The maximum Gasteiger partial charge on any atom is 0.299 e. The Kier molecular flexibility index (Phi) is 6.25. The van der Waals surface area contributed by atoms with Crippen LogP contribution in [-0.4, -0.2) is 48.8 Å². The minimum absolute atomic E-state index is 0.00100. The van der Waals surface area contributed by atoms with Crippen LogP contribution in [0.15, 0.2) is 46.5 Å². The molecular weight excluding hydrogens is 460 g/mol. The smallest absolute Gasteiger partial charge is 0.299 e. The van der Waals surface area contributed by atoms with Gasteiger partial charge in [0.1, 0.15) is 5.84 Å². The zero-order chi connectivity index (χ0) is 24.7. The van der Waals surface area contributed by atoms with E-state index in [1.807, 2.05) is 19.1 Å². The van der Waals surface area contributed by atoms with E-state index >= 15 is 0 Å². The number of hydrazone groups is 1. The Bertz CT molecular complexity index is 1220. The number of anilines is 1. The number of rotatable bonds is 5. The van der Waals surface area contributed by atoms with Gasteiger partial charge in [-0.15, -0.1) is 0 Å². The summed E-state index contributed by atoms with van der Waals surface area (Å²) in [4.78, 5) is 19.2. The summed E-state index contributed by atoms with van der Waals surface area (Å²) in [5.74, 6) is 2.38. The van der Waals surface area contributed by atoms with E-state index in [2.05, 4.69) is 53.5 Å². The number of amides is 1. The fourth-order valence-electron chi connectivity index (χ4n) is 4.73. The minimum atomic E-state index is -0.110. The van der Waals surface area contributed by atoms with Gasteiger partial charge in [0, 0.05) is 17.8 Å². The van der Waals surface area contributed by atoms with Crippen LogP contribution in [0.2, 0.25) is 0 Å². The minimum Gasteiger partial charge on any atom is -0.493 e. The molecule has 2 heterocycles. The van der Waals surface area contributed by atoms with Crippen LogP contribution in [0.5, 0.6) is 11.5 Å². The van der Waals surface area contributed by atoms with Gasteiger partial charge in [-0.1, -0.05) is 31.7 Å². The van der Waals surface area contributed by atoms with Gasteiger partial charge >= 0.3 is 0 Å². The van der Waals surface area contributed by atoms with Crippen LogP contribution < -0.4 is 19.8 Å². The van der Waals surface area contributed by atoms with Gasteiger partial charge in [0.25, 0.3) is 5.24 Å². The van der Waals surface area contributed by atoms with E-state index in [4.69, 9.17) is 14.5 Å². The number of aliphatic imine (C=N–C) groups is 1. The fraction of sp³-hybridized carbons (Fsp3) is 0.444. The van der Waals surface area contributed by atoms with Gasteiger partial charge in [-0.05, 0) is 73.1 Å². The van der Waals surface area contributed by atoms with Gasteiger partial charge in [-0.3, -0.25) is 9.79 Å². The van der Waals surface area contributed by atoms with E-state index in [1.165, 1.54) is 23.0 Å². The first-order valence-corrected chi connectivity index (χ1v) is 13.0. The molecule has 5 rings (SSSR count). The molecule has 8 heteroatoms. The summed E-state index contributed by atoms with van der Waals surface area (Å²) < 4.78 is 11.1.